The molecule has 1 saturated carbocycles. The van der Waals surface area contributed by atoms with Crippen LogP contribution in [0.4, 0.5) is 4.79 Å². The van der Waals surface area contributed by atoms with Gasteiger partial charge in [-0.3, -0.25) is 19.4 Å². The number of alkyl carbamates (subject to hydrolysis) is 1. The van der Waals surface area contributed by atoms with Crippen LogP contribution in [-0.4, -0.2) is 71.7 Å². The van der Waals surface area contributed by atoms with Gasteiger partial charge in [0.2, 0.25) is 17.7 Å². The summed E-state index contributed by atoms with van der Waals surface area (Å²) in [5, 5.41) is 21.6. The van der Waals surface area contributed by atoms with E-state index in [0.717, 1.165) is 24.8 Å². The molecule has 4 amide bonds. The summed E-state index contributed by atoms with van der Waals surface area (Å²) in [6.07, 6.45) is 1.91. The van der Waals surface area contributed by atoms with E-state index in [1.54, 1.807) is 12.1 Å². The van der Waals surface area contributed by atoms with Crippen LogP contribution in [0.2, 0.25) is 0 Å². The summed E-state index contributed by atoms with van der Waals surface area (Å²) in [5.41, 5.74) is 11.5. The number of aliphatic imine (C=N–C) groups is 1. The second-order valence-corrected chi connectivity index (χ2v) is 11.1. The second-order valence-electron chi connectivity index (χ2n) is 11.1. The van der Waals surface area contributed by atoms with Gasteiger partial charge < -0.3 is 42.6 Å². The van der Waals surface area contributed by atoms with Crippen molar-refractivity contribution in [3.63, 3.8) is 0 Å². The zero-order valence-corrected chi connectivity index (χ0v) is 24.8. The Bertz CT molecular complexity index is 1040. The first-order valence-corrected chi connectivity index (χ1v) is 14.5. The van der Waals surface area contributed by atoms with Crippen molar-refractivity contribution in [3.8, 4) is 0 Å². The number of nitrogens with one attached hydrogen (secondary N) is 4. The van der Waals surface area contributed by atoms with Crippen LogP contribution in [0.5, 0.6) is 0 Å². The van der Waals surface area contributed by atoms with Gasteiger partial charge in [-0.1, -0.05) is 44.2 Å². The van der Waals surface area contributed by atoms with Crippen molar-refractivity contribution in [1.29, 1.82) is 0 Å². The topological polar surface area (TPSA) is 210 Å². The molecule has 234 valence electrons. The quantitative estimate of drug-likeness (QED) is 0.0782. The number of guanidine groups is 1. The molecular formula is C29H47N7O6. The largest absolute Gasteiger partial charge is 0.445 e. The van der Waals surface area contributed by atoms with Crippen LogP contribution in [0.3, 0.4) is 0 Å². The third kappa shape index (κ3) is 13.2. The van der Waals surface area contributed by atoms with E-state index >= 15 is 0 Å². The van der Waals surface area contributed by atoms with E-state index in [9.17, 15) is 24.3 Å². The molecule has 1 aliphatic carbocycles. The predicted octanol–water partition coefficient (Wildman–Crippen LogP) is 0.790. The minimum absolute atomic E-state index is 0.0199. The Labute approximate surface area is 247 Å². The zero-order chi connectivity index (χ0) is 31.1. The van der Waals surface area contributed by atoms with E-state index in [0.29, 0.717) is 12.8 Å². The van der Waals surface area contributed by atoms with Gasteiger partial charge in [0.15, 0.2) is 5.96 Å². The molecule has 0 aromatic heterocycles. The number of amides is 4. The summed E-state index contributed by atoms with van der Waals surface area (Å²) in [4.78, 5) is 54.9. The molecule has 42 heavy (non-hydrogen) atoms. The Morgan fingerprint density at radius 3 is 2.31 bits per heavy atom. The molecule has 0 aliphatic heterocycles. The molecule has 4 atom stereocenters. The van der Waals surface area contributed by atoms with E-state index in [2.05, 4.69) is 26.3 Å². The number of aliphatic hydroxyl groups is 1. The van der Waals surface area contributed by atoms with Crippen LogP contribution in [0.15, 0.2) is 35.3 Å². The van der Waals surface area contributed by atoms with Crippen molar-refractivity contribution in [2.75, 3.05) is 6.54 Å². The highest BCUT2D eigenvalue weighted by Crippen LogP contribution is 2.19. The van der Waals surface area contributed by atoms with Crippen LogP contribution in [0, 0.1) is 5.92 Å². The smallest absolute Gasteiger partial charge is 0.408 e. The molecule has 0 spiro atoms. The van der Waals surface area contributed by atoms with Crippen LogP contribution < -0.4 is 32.7 Å². The van der Waals surface area contributed by atoms with E-state index in [1.165, 1.54) is 6.92 Å². The average Bonchev–Trinajstić information content (AvgIpc) is 2.90. The number of aliphatic hydroxyl groups excluding tert-OH is 1. The minimum Gasteiger partial charge on any atom is -0.445 e. The second kappa shape index (κ2) is 17.8. The van der Waals surface area contributed by atoms with Crippen LogP contribution >= 0.6 is 0 Å². The lowest BCUT2D eigenvalue weighted by Crippen LogP contribution is -2.55. The van der Waals surface area contributed by atoms with E-state index in [-0.39, 0.29) is 49.8 Å². The fraction of sp³-hybridized carbons (Fsp3) is 0.621. The molecule has 0 bridgehead atoms. The fourth-order valence-corrected chi connectivity index (χ4v) is 4.36. The van der Waals surface area contributed by atoms with E-state index in [4.69, 9.17) is 16.2 Å². The predicted molar refractivity (Wildman–Crippen MR) is 159 cm³/mol. The number of rotatable bonds is 17. The zero-order valence-electron chi connectivity index (χ0n) is 24.8. The maximum Gasteiger partial charge on any atom is 0.408 e. The van der Waals surface area contributed by atoms with Gasteiger partial charge >= 0.3 is 6.09 Å². The molecule has 0 radical (unpaired) electrons. The SMILES string of the molecule is CC(C)C[C@H](NC(=O)[C@H](C)NC(=O)[C@H](CCCN=C(N)N)NC(=O)OCc1ccccc1)[C@@H](O)CC(=O)NC1CCC1. The summed E-state index contributed by atoms with van der Waals surface area (Å²) in [6, 6.07) is 6.52. The molecule has 9 N–H and O–H groups in total. The molecule has 1 aromatic rings. The molecule has 13 heteroatoms. The maximum absolute atomic E-state index is 13.1. The molecular weight excluding hydrogens is 542 g/mol. The number of benzene rings is 1. The summed E-state index contributed by atoms with van der Waals surface area (Å²) in [7, 11) is 0. The molecule has 0 heterocycles. The Morgan fingerprint density at radius 2 is 1.71 bits per heavy atom. The Hall–Kier alpha value is -3.87. The number of carbonyl (C=O) groups excluding carboxylic acids is 4. The highest BCUT2D eigenvalue weighted by atomic mass is 16.5. The maximum atomic E-state index is 13.1. The Kier molecular flexibility index (Phi) is 14.6. The van der Waals surface area contributed by atoms with Gasteiger partial charge in [-0.25, -0.2) is 4.79 Å². The third-order valence-electron chi connectivity index (χ3n) is 6.90. The van der Waals surface area contributed by atoms with Gasteiger partial charge in [-0.15, -0.1) is 0 Å². The summed E-state index contributed by atoms with van der Waals surface area (Å²) in [5.74, 6) is -1.34. The number of nitrogens with zero attached hydrogens (tertiary/aromatic N) is 1. The van der Waals surface area contributed by atoms with Crippen molar-refractivity contribution < 1.29 is 29.0 Å². The van der Waals surface area contributed by atoms with Gasteiger partial charge in [-0.2, -0.15) is 0 Å². The van der Waals surface area contributed by atoms with Gasteiger partial charge in [0.25, 0.3) is 0 Å². The van der Waals surface area contributed by atoms with Crippen molar-refractivity contribution >= 4 is 29.8 Å². The highest BCUT2D eigenvalue weighted by molar-refractivity contribution is 5.91. The number of carbonyl (C=O) groups is 4. The molecule has 2 rings (SSSR count). The molecule has 0 saturated heterocycles. The summed E-state index contributed by atoms with van der Waals surface area (Å²) >= 11 is 0. The van der Waals surface area contributed by atoms with Crippen LogP contribution in [0.25, 0.3) is 0 Å². The first-order valence-electron chi connectivity index (χ1n) is 14.5. The van der Waals surface area contributed by atoms with Crippen molar-refractivity contribution in [1.82, 2.24) is 21.3 Å². The molecule has 1 aromatic carbocycles. The number of hydrogen-bond acceptors (Lipinski definition) is 7. The van der Waals surface area contributed by atoms with Gasteiger partial charge in [0, 0.05) is 12.6 Å². The lowest BCUT2D eigenvalue weighted by Gasteiger charge is -2.30. The van der Waals surface area contributed by atoms with E-state index in [1.807, 2.05) is 32.0 Å². The van der Waals surface area contributed by atoms with Gasteiger partial charge in [-0.05, 0) is 56.9 Å². The first kappa shape index (κ1) is 34.3. The van der Waals surface area contributed by atoms with Crippen LogP contribution in [-0.2, 0) is 25.7 Å². The summed E-state index contributed by atoms with van der Waals surface area (Å²) in [6.45, 7) is 5.65. The monoisotopic (exact) mass is 589 g/mol. The Balaban J connectivity index is 1.97. The fourth-order valence-electron chi connectivity index (χ4n) is 4.36. The number of ether oxygens (including phenoxy) is 1. The molecule has 1 aliphatic rings. The number of hydrogen-bond donors (Lipinski definition) is 7. The molecule has 1 fully saturated rings. The lowest BCUT2D eigenvalue weighted by atomic mass is 9.92. The van der Waals surface area contributed by atoms with Crippen LogP contribution in [0.1, 0.15) is 71.3 Å². The number of nitrogens with two attached hydrogens (primary N) is 2. The first-order chi connectivity index (χ1) is 19.9. The molecule has 13 nitrogen and oxygen atoms in total. The third-order valence-corrected chi connectivity index (χ3v) is 6.90. The van der Waals surface area contributed by atoms with Crippen molar-refractivity contribution in [3.05, 3.63) is 35.9 Å². The summed E-state index contributed by atoms with van der Waals surface area (Å²) < 4.78 is 5.25. The lowest BCUT2D eigenvalue weighted by molar-refractivity contribution is -0.131. The van der Waals surface area contributed by atoms with Crippen molar-refractivity contribution in [2.24, 2.45) is 22.4 Å². The normalized spacial score (nSPS) is 15.7. The van der Waals surface area contributed by atoms with Gasteiger partial charge in [0.05, 0.1) is 18.6 Å². The molecule has 0 unspecified atom stereocenters. The average molecular weight is 590 g/mol. The standard InChI is InChI=1S/C29H47N7O6/c1-18(2)15-23(24(37)16-25(38)34-21-11-7-12-21)35-26(39)19(3)33-27(40)22(13-8-14-32-28(30)31)36-29(41)42-17-20-9-5-4-6-10-20/h4-6,9-10,18-19,21-24,37H,7-8,11-17H2,1-3H3,(H,33,40)(H,34,38)(H,35,39)(H,36,41)(H4,30,31,32)/t19-,22-,23-,24-/m0/s1. The highest BCUT2D eigenvalue weighted by Gasteiger charge is 2.30. The van der Waals surface area contributed by atoms with Crippen molar-refractivity contribution in [2.45, 2.75) is 103 Å². The minimum atomic E-state index is -1.09. The Morgan fingerprint density at radius 1 is 1.02 bits per heavy atom. The van der Waals surface area contributed by atoms with Gasteiger partial charge in [0.1, 0.15) is 18.7 Å². The van der Waals surface area contributed by atoms with E-state index < -0.39 is 42.1 Å².